The number of hydrogen-bond acceptors (Lipinski definition) is 5. The Kier molecular flexibility index (Phi) is 5.61. The normalized spacial score (nSPS) is 14.7. The highest BCUT2D eigenvalue weighted by Gasteiger charge is 2.29. The van der Waals surface area contributed by atoms with Crippen molar-refractivity contribution in [3.8, 4) is 0 Å². The van der Waals surface area contributed by atoms with Crippen molar-refractivity contribution in [3.05, 3.63) is 60.2 Å². The summed E-state index contributed by atoms with van der Waals surface area (Å²) in [5.41, 5.74) is 2.46. The van der Waals surface area contributed by atoms with Crippen molar-refractivity contribution in [2.24, 2.45) is 0 Å². The number of nitrogens with zero attached hydrogens (tertiary/aromatic N) is 4. The average molecular weight is 403 g/mol. The number of nitrogens with one attached hydrogen (secondary N) is 1. The fourth-order valence-electron chi connectivity index (χ4n) is 3.81. The predicted molar refractivity (Wildman–Crippen MR) is 117 cm³/mol. The highest BCUT2D eigenvalue weighted by Crippen LogP contribution is 2.31. The summed E-state index contributed by atoms with van der Waals surface area (Å²) in [4.78, 5) is 38.5. The maximum absolute atomic E-state index is 13.4. The van der Waals surface area contributed by atoms with Crippen molar-refractivity contribution in [2.45, 2.75) is 25.8 Å². The Bertz CT molecular complexity index is 1070. The van der Waals surface area contributed by atoms with Crippen molar-refractivity contribution in [1.29, 1.82) is 0 Å². The highest BCUT2D eigenvalue weighted by molar-refractivity contribution is 5.97. The van der Waals surface area contributed by atoms with Gasteiger partial charge in [0.15, 0.2) is 11.6 Å². The molecule has 2 amide bonds. The van der Waals surface area contributed by atoms with Crippen molar-refractivity contribution in [2.75, 3.05) is 29.9 Å². The molecule has 1 aliphatic rings. The fraction of sp³-hybridized carbons (Fsp3) is 0.304. The molecule has 4 rings (SSSR count). The Labute approximate surface area is 175 Å². The third-order valence-corrected chi connectivity index (χ3v) is 5.29. The molecule has 0 bridgehead atoms. The molecular weight excluding hydrogens is 378 g/mol. The minimum Gasteiger partial charge on any atom is -0.357 e. The van der Waals surface area contributed by atoms with Gasteiger partial charge < -0.3 is 10.2 Å². The molecule has 1 N–H and O–H groups in total. The first-order valence-corrected chi connectivity index (χ1v) is 10.1. The lowest BCUT2D eigenvalue weighted by molar-refractivity contribution is -0.121. The summed E-state index contributed by atoms with van der Waals surface area (Å²) in [6.45, 7) is 2.82. The molecule has 30 heavy (non-hydrogen) atoms. The molecule has 154 valence electrons. The number of benzene rings is 2. The number of carbonyl (C=O) groups excluding carboxylic acids is 2. The minimum atomic E-state index is -0.394. The number of rotatable bonds is 4. The highest BCUT2D eigenvalue weighted by atomic mass is 16.2. The van der Waals surface area contributed by atoms with Crippen LogP contribution in [0.1, 0.15) is 31.4 Å². The summed E-state index contributed by atoms with van der Waals surface area (Å²) in [6.07, 6.45) is 0.966. The monoisotopic (exact) mass is 403 g/mol. The molecule has 0 aliphatic carbocycles. The van der Waals surface area contributed by atoms with Crippen molar-refractivity contribution in [3.63, 3.8) is 0 Å². The summed E-state index contributed by atoms with van der Waals surface area (Å²) < 4.78 is 0. The molecule has 0 radical (unpaired) electrons. The van der Waals surface area contributed by atoms with E-state index in [1.54, 1.807) is 4.90 Å². The molecule has 7 nitrogen and oxygen atoms in total. The minimum absolute atomic E-state index is 0.0845. The SMILES string of the molecule is CC(=O)N[C@H](CC(=O)N1CCCN(C)c2nc3ccccc3nc21)c1ccccc1. The molecule has 1 aromatic heterocycles. The lowest BCUT2D eigenvalue weighted by Crippen LogP contribution is -2.37. The number of carbonyl (C=O) groups is 2. The van der Waals surface area contributed by atoms with Gasteiger partial charge in [0.25, 0.3) is 0 Å². The van der Waals surface area contributed by atoms with Gasteiger partial charge in [0, 0.05) is 27.1 Å². The van der Waals surface area contributed by atoms with Gasteiger partial charge >= 0.3 is 0 Å². The van der Waals surface area contributed by atoms with Gasteiger partial charge in [-0.05, 0) is 24.1 Å². The van der Waals surface area contributed by atoms with Crippen molar-refractivity contribution in [1.82, 2.24) is 15.3 Å². The zero-order valence-electron chi connectivity index (χ0n) is 17.2. The molecular formula is C23H25N5O2. The lowest BCUT2D eigenvalue weighted by atomic mass is 10.0. The van der Waals surface area contributed by atoms with Crippen LogP contribution in [0.15, 0.2) is 54.6 Å². The maximum Gasteiger partial charge on any atom is 0.230 e. The van der Waals surface area contributed by atoms with Gasteiger partial charge in [0.1, 0.15) is 0 Å². The summed E-state index contributed by atoms with van der Waals surface area (Å²) in [5.74, 6) is 1.03. The van der Waals surface area contributed by atoms with Gasteiger partial charge in [-0.2, -0.15) is 0 Å². The van der Waals surface area contributed by atoms with Crippen LogP contribution < -0.4 is 15.1 Å². The molecule has 0 unspecified atom stereocenters. The molecule has 0 saturated carbocycles. The van der Waals surface area contributed by atoms with E-state index in [9.17, 15) is 9.59 Å². The number of para-hydroxylation sites is 2. The van der Waals surface area contributed by atoms with E-state index in [0.717, 1.165) is 29.6 Å². The third kappa shape index (κ3) is 4.10. The van der Waals surface area contributed by atoms with E-state index < -0.39 is 6.04 Å². The second kappa shape index (κ2) is 8.49. The third-order valence-electron chi connectivity index (χ3n) is 5.29. The summed E-state index contributed by atoms with van der Waals surface area (Å²) in [6, 6.07) is 16.9. The maximum atomic E-state index is 13.4. The van der Waals surface area contributed by atoms with Gasteiger partial charge in [0.05, 0.1) is 23.5 Å². The van der Waals surface area contributed by atoms with Crippen LogP contribution >= 0.6 is 0 Å². The van der Waals surface area contributed by atoms with Gasteiger partial charge in [-0.25, -0.2) is 9.97 Å². The van der Waals surface area contributed by atoms with E-state index >= 15 is 0 Å². The van der Waals surface area contributed by atoms with Gasteiger partial charge in [-0.15, -0.1) is 0 Å². The number of amides is 2. The quantitative estimate of drug-likeness (QED) is 0.724. The number of fused-ring (bicyclic) bond motifs is 2. The molecule has 2 aromatic carbocycles. The Morgan fingerprint density at radius 1 is 0.967 bits per heavy atom. The van der Waals surface area contributed by atoms with E-state index in [1.165, 1.54) is 6.92 Å². The van der Waals surface area contributed by atoms with Crippen molar-refractivity contribution < 1.29 is 9.59 Å². The van der Waals surface area contributed by atoms with E-state index in [4.69, 9.17) is 9.97 Å². The van der Waals surface area contributed by atoms with Crippen LogP contribution in [0.25, 0.3) is 11.0 Å². The van der Waals surface area contributed by atoms with E-state index in [-0.39, 0.29) is 18.2 Å². The van der Waals surface area contributed by atoms with Gasteiger partial charge in [-0.3, -0.25) is 14.5 Å². The van der Waals surface area contributed by atoms with Crippen LogP contribution in [0.4, 0.5) is 11.6 Å². The molecule has 0 spiro atoms. The van der Waals surface area contributed by atoms with Crippen LogP contribution in [0.3, 0.4) is 0 Å². The summed E-state index contributed by atoms with van der Waals surface area (Å²) >= 11 is 0. The van der Waals surface area contributed by atoms with Crippen LogP contribution in [0.5, 0.6) is 0 Å². The molecule has 2 heterocycles. The molecule has 1 aliphatic heterocycles. The molecule has 0 fully saturated rings. The second-order valence-electron chi connectivity index (χ2n) is 7.55. The first-order chi connectivity index (χ1) is 14.5. The summed E-state index contributed by atoms with van der Waals surface area (Å²) in [7, 11) is 1.97. The zero-order chi connectivity index (χ0) is 21.1. The van der Waals surface area contributed by atoms with E-state index in [2.05, 4.69) is 5.32 Å². The standard InChI is InChI=1S/C23H25N5O2/c1-16(29)24-20(17-9-4-3-5-10-17)15-21(30)28-14-8-13-27(2)22-23(28)26-19-12-7-6-11-18(19)25-22/h3-7,9-12,20H,8,13-15H2,1-2H3,(H,24,29)/t20-/m1/s1. The Hall–Kier alpha value is -3.48. The molecule has 0 saturated heterocycles. The van der Waals surface area contributed by atoms with Crippen LogP contribution in [0.2, 0.25) is 0 Å². The Balaban J connectivity index is 1.69. The predicted octanol–water partition coefficient (Wildman–Crippen LogP) is 3.07. The Morgan fingerprint density at radius 3 is 2.27 bits per heavy atom. The molecule has 3 aromatic rings. The largest absolute Gasteiger partial charge is 0.357 e. The fourth-order valence-corrected chi connectivity index (χ4v) is 3.81. The smallest absolute Gasteiger partial charge is 0.230 e. The van der Waals surface area contributed by atoms with E-state index in [0.29, 0.717) is 18.2 Å². The second-order valence-corrected chi connectivity index (χ2v) is 7.55. The zero-order valence-corrected chi connectivity index (χ0v) is 17.2. The topological polar surface area (TPSA) is 78.4 Å². The van der Waals surface area contributed by atoms with E-state index in [1.807, 2.05) is 66.5 Å². The molecule has 1 atom stereocenters. The lowest BCUT2D eigenvalue weighted by Gasteiger charge is -2.25. The molecule has 7 heteroatoms. The number of hydrogen-bond donors (Lipinski definition) is 1. The van der Waals surface area contributed by atoms with Gasteiger partial charge in [-0.1, -0.05) is 42.5 Å². The van der Waals surface area contributed by atoms with Crippen LogP contribution in [-0.2, 0) is 9.59 Å². The van der Waals surface area contributed by atoms with Crippen LogP contribution in [-0.4, -0.2) is 41.9 Å². The Morgan fingerprint density at radius 2 is 1.60 bits per heavy atom. The first-order valence-electron chi connectivity index (χ1n) is 10.1. The average Bonchev–Trinajstić information content (AvgIpc) is 2.91. The van der Waals surface area contributed by atoms with Crippen molar-refractivity contribution >= 4 is 34.5 Å². The number of anilines is 2. The summed E-state index contributed by atoms with van der Waals surface area (Å²) in [5, 5.41) is 2.91. The van der Waals surface area contributed by atoms with Gasteiger partial charge in [0.2, 0.25) is 11.8 Å². The number of aromatic nitrogens is 2. The van der Waals surface area contributed by atoms with Crippen LogP contribution in [0, 0.1) is 0 Å². The first kappa shape index (κ1) is 19.8.